The van der Waals surface area contributed by atoms with E-state index < -0.39 is 0 Å². The highest BCUT2D eigenvalue weighted by molar-refractivity contribution is 5.85. The summed E-state index contributed by atoms with van der Waals surface area (Å²) in [7, 11) is 0. The molecule has 5 nitrogen and oxygen atoms in total. The lowest BCUT2D eigenvalue weighted by molar-refractivity contribution is -0.133. The predicted octanol–water partition coefficient (Wildman–Crippen LogP) is 2.33. The lowest BCUT2D eigenvalue weighted by Crippen LogP contribution is -2.39. The molecule has 2 rings (SSSR count). The van der Waals surface area contributed by atoms with Gasteiger partial charge in [0.15, 0.2) is 6.61 Å². The number of aromatic nitrogens is 1. The Kier molecular flexibility index (Phi) is 11.6. The maximum Gasteiger partial charge on any atom is 0.260 e. The SMILES string of the molecule is Cl.Cl.NCCN(CCc1ccccc1)C(=O)COc1cccnc1. The highest BCUT2D eigenvalue weighted by atomic mass is 35.5. The molecule has 0 aliphatic carbocycles. The minimum Gasteiger partial charge on any atom is -0.482 e. The summed E-state index contributed by atoms with van der Waals surface area (Å²) in [6.45, 7) is 1.60. The molecule has 0 unspecified atom stereocenters. The number of hydrogen-bond donors (Lipinski definition) is 1. The van der Waals surface area contributed by atoms with Crippen LogP contribution in [0.4, 0.5) is 0 Å². The third kappa shape index (κ3) is 7.64. The molecule has 0 radical (unpaired) electrons. The van der Waals surface area contributed by atoms with E-state index in [2.05, 4.69) is 17.1 Å². The van der Waals surface area contributed by atoms with Crippen molar-refractivity contribution in [3.8, 4) is 5.75 Å². The number of nitrogens with zero attached hydrogens (tertiary/aromatic N) is 2. The molecule has 0 aliphatic heterocycles. The summed E-state index contributed by atoms with van der Waals surface area (Å²) < 4.78 is 5.45. The van der Waals surface area contributed by atoms with Gasteiger partial charge >= 0.3 is 0 Å². The van der Waals surface area contributed by atoms with Gasteiger partial charge in [0.2, 0.25) is 0 Å². The standard InChI is InChI=1S/C17H21N3O2.2ClH/c18-9-12-20(11-8-15-5-2-1-3-6-15)17(21)14-22-16-7-4-10-19-13-16;;/h1-7,10,13H,8-9,11-12,14,18H2;2*1H. The third-order valence-corrected chi connectivity index (χ3v) is 3.26. The number of hydrogen-bond acceptors (Lipinski definition) is 4. The zero-order valence-corrected chi connectivity index (χ0v) is 15.0. The van der Waals surface area contributed by atoms with Crippen molar-refractivity contribution >= 4 is 30.7 Å². The molecule has 0 fully saturated rings. The molecule has 2 N–H and O–H groups in total. The number of carbonyl (C=O) groups excluding carboxylic acids is 1. The summed E-state index contributed by atoms with van der Waals surface area (Å²) in [5.74, 6) is 0.525. The molecule has 1 heterocycles. The molecule has 2 aromatic rings. The van der Waals surface area contributed by atoms with Crippen molar-refractivity contribution in [2.45, 2.75) is 6.42 Å². The van der Waals surface area contributed by atoms with Crippen LogP contribution in [0.25, 0.3) is 0 Å². The fraction of sp³-hybridized carbons (Fsp3) is 0.294. The molecule has 0 spiro atoms. The van der Waals surface area contributed by atoms with Crippen LogP contribution in [0.5, 0.6) is 5.75 Å². The van der Waals surface area contributed by atoms with Crippen molar-refractivity contribution in [3.05, 3.63) is 60.4 Å². The molecule has 0 saturated carbocycles. The first kappa shape index (κ1) is 22.2. The van der Waals surface area contributed by atoms with Crippen LogP contribution in [0.15, 0.2) is 54.9 Å². The van der Waals surface area contributed by atoms with Crippen molar-refractivity contribution in [1.29, 1.82) is 0 Å². The molecular formula is C17H23Cl2N3O2. The third-order valence-electron chi connectivity index (χ3n) is 3.26. The van der Waals surface area contributed by atoms with Crippen molar-refractivity contribution in [2.24, 2.45) is 5.73 Å². The average molecular weight is 372 g/mol. The normalized spacial score (nSPS) is 9.38. The maximum atomic E-state index is 12.3. The van der Waals surface area contributed by atoms with Gasteiger partial charge in [0.05, 0.1) is 6.20 Å². The van der Waals surface area contributed by atoms with Gasteiger partial charge < -0.3 is 15.4 Å². The van der Waals surface area contributed by atoms with E-state index >= 15 is 0 Å². The van der Waals surface area contributed by atoms with Gasteiger partial charge in [0, 0.05) is 25.8 Å². The predicted molar refractivity (Wildman–Crippen MR) is 100 cm³/mol. The average Bonchev–Trinajstić information content (AvgIpc) is 2.58. The van der Waals surface area contributed by atoms with E-state index in [4.69, 9.17) is 10.5 Å². The largest absolute Gasteiger partial charge is 0.482 e. The first-order valence-corrected chi connectivity index (χ1v) is 7.34. The van der Waals surface area contributed by atoms with E-state index in [9.17, 15) is 4.79 Å². The molecule has 132 valence electrons. The van der Waals surface area contributed by atoms with Gasteiger partial charge in [-0.3, -0.25) is 9.78 Å². The Morgan fingerprint density at radius 3 is 2.46 bits per heavy atom. The minimum absolute atomic E-state index is 0. The Morgan fingerprint density at radius 1 is 1.08 bits per heavy atom. The topological polar surface area (TPSA) is 68.5 Å². The number of rotatable bonds is 8. The number of benzene rings is 1. The lowest BCUT2D eigenvalue weighted by atomic mass is 10.1. The number of halogens is 2. The molecule has 1 aromatic heterocycles. The van der Waals surface area contributed by atoms with Gasteiger partial charge in [-0.15, -0.1) is 24.8 Å². The van der Waals surface area contributed by atoms with E-state index in [1.54, 1.807) is 29.4 Å². The number of nitrogens with two attached hydrogens (primary N) is 1. The second-order valence-electron chi connectivity index (χ2n) is 4.88. The number of carbonyl (C=O) groups is 1. The molecule has 0 aliphatic rings. The van der Waals surface area contributed by atoms with E-state index in [0.29, 0.717) is 25.4 Å². The molecule has 24 heavy (non-hydrogen) atoms. The zero-order chi connectivity index (χ0) is 15.6. The Morgan fingerprint density at radius 2 is 1.83 bits per heavy atom. The molecule has 1 aromatic carbocycles. The van der Waals surface area contributed by atoms with E-state index in [0.717, 1.165) is 6.42 Å². The lowest BCUT2D eigenvalue weighted by Gasteiger charge is -2.22. The van der Waals surface area contributed by atoms with Crippen molar-refractivity contribution in [2.75, 3.05) is 26.2 Å². The van der Waals surface area contributed by atoms with Gasteiger partial charge in [-0.1, -0.05) is 30.3 Å². The molecule has 1 amide bonds. The van der Waals surface area contributed by atoms with Crippen LogP contribution in [0.2, 0.25) is 0 Å². The van der Waals surface area contributed by atoms with Crippen LogP contribution >= 0.6 is 24.8 Å². The Bertz CT molecular complexity index is 571. The van der Waals surface area contributed by atoms with Crippen LogP contribution in [-0.4, -0.2) is 42.0 Å². The van der Waals surface area contributed by atoms with Crippen LogP contribution < -0.4 is 10.5 Å². The molecular weight excluding hydrogens is 349 g/mol. The summed E-state index contributed by atoms with van der Waals surface area (Å²) in [5.41, 5.74) is 6.80. The number of pyridine rings is 1. The Hall–Kier alpha value is -1.82. The van der Waals surface area contributed by atoms with E-state index in [-0.39, 0.29) is 37.3 Å². The van der Waals surface area contributed by atoms with E-state index in [1.807, 2.05) is 18.2 Å². The summed E-state index contributed by atoms with van der Waals surface area (Å²) in [4.78, 5) is 17.9. The monoisotopic (exact) mass is 371 g/mol. The highest BCUT2D eigenvalue weighted by Crippen LogP contribution is 2.07. The number of amides is 1. The van der Waals surface area contributed by atoms with Gasteiger partial charge in [-0.25, -0.2) is 0 Å². The van der Waals surface area contributed by atoms with Crippen molar-refractivity contribution in [1.82, 2.24) is 9.88 Å². The van der Waals surface area contributed by atoms with Crippen molar-refractivity contribution in [3.63, 3.8) is 0 Å². The van der Waals surface area contributed by atoms with Crippen LogP contribution in [0, 0.1) is 0 Å². The van der Waals surface area contributed by atoms with Gasteiger partial charge in [0.1, 0.15) is 5.75 Å². The second-order valence-corrected chi connectivity index (χ2v) is 4.88. The Balaban J connectivity index is 0.00000264. The van der Waals surface area contributed by atoms with Crippen LogP contribution in [0.1, 0.15) is 5.56 Å². The minimum atomic E-state index is -0.0646. The summed E-state index contributed by atoms with van der Waals surface area (Å²) in [6.07, 6.45) is 4.05. The highest BCUT2D eigenvalue weighted by Gasteiger charge is 2.13. The molecule has 0 bridgehead atoms. The van der Waals surface area contributed by atoms with Crippen LogP contribution in [0.3, 0.4) is 0 Å². The van der Waals surface area contributed by atoms with Crippen LogP contribution in [-0.2, 0) is 11.2 Å². The maximum absolute atomic E-state index is 12.3. The Labute approximate surface area is 155 Å². The smallest absolute Gasteiger partial charge is 0.260 e. The summed E-state index contributed by atoms with van der Waals surface area (Å²) in [5, 5.41) is 0. The molecule has 0 saturated heterocycles. The first-order chi connectivity index (χ1) is 10.8. The van der Waals surface area contributed by atoms with Gasteiger partial charge in [-0.2, -0.15) is 0 Å². The summed E-state index contributed by atoms with van der Waals surface area (Å²) >= 11 is 0. The number of ether oxygens (including phenoxy) is 1. The van der Waals surface area contributed by atoms with Gasteiger partial charge in [-0.05, 0) is 24.1 Å². The summed E-state index contributed by atoms with van der Waals surface area (Å²) in [6, 6.07) is 13.6. The molecule has 0 atom stereocenters. The fourth-order valence-electron chi connectivity index (χ4n) is 2.09. The van der Waals surface area contributed by atoms with Crippen molar-refractivity contribution < 1.29 is 9.53 Å². The molecule has 7 heteroatoms. The first-order valence-electron chi connectivity index (χ1n) is 7.34. The van der Waals surface area contributed by atoms with E-state index in [1.165, 1.54) is 5.56 Å². The second kappa shape index (κ2) is 12.6. The van der Waals surface area contributed by atoms with Gasteiger partial charge in [0.25, 0.3) is 5.91 Å². The fourth-order valence-corrected chi connectivity index (χ4v) is 2.09. The zero-order valence-electron chi connectivity index (χ0n) is 13.3. The quantitative estimate of drug-likeness (QED) is 0.772.